The second kappa shape index (κ2) is 6.06. The minimum atomic E-state index is 0.192. The molecule has 19 heavy (non-hydrogen) atoms. The van der Waals surface area contributed by atoms with E-state index >= 15 is 0 Å². The maximum absolute atomic E-state index is 12.3. The van der Waals surface area contributed by atoms with Crippen molar-refractivity contribution in [2.24, 2.45) is 0 Å². The molecule has 4 nitrogen and oxygen atoms in total. The zero-order chi connectivity index (χ0) is 13.8. The minimum absolute atomic E-state index is 0.192. The SMILES string of the molecule is COc1ccc(C)cc1CC(=O)N1CCN(C)CC1. The molecule has 1 amide bonds. The average molecular weight is 262 g/mol. The molecule has 1 aliphatic rings. The number of benzene rings is 1. The third kappa shape index (κ3) is 3.47. The number of rotatable bonds is 3. The summed E-state index contributed by atoms with van der Waals surface area (Å²) in [7, 11) is 3.74. The van der Waals surface area contributed by atoms with Crippen LogP contribution in [0.2, 0.25) is 0 Å². The van der Waals surface area contributed by atoms with E-state index in [4.69, 9.17) is 4.74 Å². The van der Waals surface area contributed by atoms with Gasteiger partial charge in [-0.05, 0) is 20.0 Å². The van der Waals surface area contributed by atoms with Crippen molar-refractivity contribution in [3.8, 4) is 5.75 Å². The Labute approximate surface area is 115 Å². The third-order valence-electron chi connectivity index (χ3n) is 3.63. The van der Waals surface area contributed by atoms with Gasteiger partial charge in [-0.25, -0.2) is 0 Å². The van der Waals surface area contributed by atoms with E-state index in [0.717, 1.165) is 43.1 Å². The fourth-order valence-corrected chi connectivity index (χ4v) is 2.38. The molecule has 0 unspecified atom stereocenters. The van der Waals surface area contributed by atoms with Gasteiger partial charge >= 0.3 is 0 Å². The molecule has 0 aromatic heterocycles. The summed E-state index contributed by atoms with van der Waals surface area (Å²) < 4.78 is 5.33. The van der Waals surface area contributed by atoms with Gasteiger partial charge in [-0.3, -0.25) is 4.79 Å². The van der Waals surface area contributed by atoms with Crippen LogP contribution >= 0.6 is 0 Å². The highest BCUT2D eigenvalue weighted by molar-refractivity contribution is 5.79. The molecule has 2 rings (SSSR count). The van der Waals surface area contributed by atoms with Crippen LogP contribution < -0.4 is 4.74 Å². The molecule has 0 saturated carbocycles. The van der Waals surface area contributed by atoms with Gasteiger partial charge in [-0.15, -0.1) is 0 Å². The summed E-state index contributed by atoms with van der Waals surface area (Å²) in [6.45, 7) is 5.59. The Bertz CT molecular complexity index is 451. The Morgan fingerprint density at radius 1 is 1.26 bits per heavy atom. The molecular weight excluding hydrogens is 240 g/mol. The van der Waals surface area contributed by atoms with Crippen LogP contribution in [0, 0.1) is 6.92 Å². The molecule has 1 aliphatic heterocycles. The Hall–Kier alpha value is -1.55. The van der Waals surface area contributed by atoms with E-state index in [1.165, 1.54) is 0 Å². The maximum Gasteiger partial charge on any atom is 0.227 e. The van der Waals surface area contributed by atoms with Gasteiger partial charge in [0.1, 0.15) is 5.75 Å². The van der Waals surface area contributed by atoms with Crippen molar-refractivity contribution in [3.05, 3.63) is 29.3 Å². The molecule has 1 heterocycles. The number of carbonyl (C=O) groups is 1. The first-order valence-electron chi connectivity index (χ1n) is 6.70. The lowest BCUT2D eigenvalue weighted by Gasteiger charge is -2.32. The summed E-state index contributed by atoms with van der Waals surface area (Å²) in [5.41, 5.74) is 2.13. The number of methoxy groups -OCH3 is 1. The molecule has 0 aliphatic carbocycles. The summed E-state index contributed by atoms with van der Waals surface area (Å²) in [5, 5.41) is 0. The number of hydrogen-bond acceptors (Lipinski definition) is 3. The molecule has 0 N–H and O–H groups in total. The molecule has 0 atom stereocenters. The van der Waals surface area contributed by atoms with Gasteiger partial charge in [-0.1, -0.05) is 17.7 Å². The van der Waals surface area contributed by atoms with Crippen LogP contribution in [0.4, 0.5) is 0 Å². The van der Waals surface area contributed by atoms with Crippen LogP contribution in [0.3, 0.4) is 0 Å². The Morgan fingerprint density at radius 2 is 1.95 bits per heavy atom. The smallest absolute Gasteiger partial charge is 0.227 e. The van der Waals surface area contributed by atoms with Crippen LogP contribution in [0.1, 0.15) is 11.1 Å². The molecular formula is C15H22N2O2. The summed E-state index contributed by atoms with van der Waals surface area (Å²) in [4.78, 5) is 16.5. The molecule has 1 aromatic rings. The van der Waals surface area contributed by atoms with E-state index in [0.29, 0.717) is 6.42 Å². The van der Waals surface area contributed by atoms with Crippen LogP contribution in [-0.2, 0) is 11.2 Å². The largest absolute Gasteiger partial charge is 0.496 e. The van der Waals surface area contributed by atoms with E-state index in [9.17, 15) is 4.79 Å². The molecule has 104 valence electrons. The highest BCUT2D eigenvalue weighted by Gasteiger charge is 2.20. The number of nitrogens with zero attached hydrogens (tertiary/aromatic N) is 2. The Kier molecular flexibility index (Phi) is 4.43. The van der Waals surface area contributed by atoms with Crippen LogP contribution in [-0.4, -0.2) is 56.0 Å². The first-order chi connectivity index (χ1) is 9.10. The number of aryl methyl sites for hydroxylation is 1. The number of piperazine rings is 1. The van der Waals surface area contributed by atoms with Gasteiger partial charge in [0.25, 0.3) is 0 Å². The number of carbonyl (C=O) groups excluding carboxylic acids is 1. The number of likely N-dealkylation sites (N-methyl/N-ethyl adjacent to an activating group) is 1. The second-order valence-electron chi connectivity index (χ2n) is 5.18. The summed E-state index contributed by atoms with van der Waals surface area (Å²) >= 11 is 0. The predicted octanol–water partition coefficient (Wildman–Crippen LogP) is 1.32. The Morgan fingerprint density at radius 3 is 2.58 bits per heavy atom. The van der Waals surface area contributed by atoms with Crippen molar-refractivity contribution in [2.45, 2.75) is 13.3 Å². The zero-order valence-corrected chi connectivity index (χ0v) is 12.0. The molecule has 0 radical (unpaired) electrons. The summed E-state index contributed by atoms with van der Waals surface area (Å²) in [6, 6.07) is 5.97. The van der Waals surface area contributed by atoms with Gasteiger partial charge in [-0.2, -0.15) is 0 Å². The van der Waals surface area contributed by atoms with Crippen molar-refractivity contribution in [1.29, 1.82) is 0 Å². The monoisotopic (exact) mass is 262 g/mol. The summed E-state index contributed by atoms with van der Waals surface area (Å²) in [6.07, 6.45) is 0.425. The highest BCUT2D eigenvalue weighted by atomic mass is 16.5. The standard InChI is InChI=1S/C15H22N2O2/c1-12-4-5-14(19-3)13(10-12)11-15(18)17-8-6-16(2)7-9-17/h4-5,10H,6-9,11H2,1-3H3. The Balaban J connectivity index is 2.04. The van der Waals surface area contributed by atoms with Crippen molar-refractivity contribution in [2.75, 3.05) is 40.3 Å². The van der Waals surface area contributed by atoms with E-state index < -0.39 is 0 Å². The molecule has 4 heteroatoms. The van der Waals surface area contributed by atoms with Crippen molar-refractivity contribution < 1.29 is 9.53 Å². The summed E-state index contributed by atoms with van der Waals surface area (Å²) in [5.74, 6) is 0.991. The molecule has 0 spiro atoms. The van der Waals surface area contributed by atoms with Crippen LogP contribution in [0.25, 0.3) is 0 Å². The van der Waals surface area contributed by atoms with E-state index in [-0.39, 0.29) is 5.91 Å². The van der Waals surface area contributed by atoms with Gasteiger partial charge in [0.15, 0.2) is 0 Å². The van der Waals surface area contributed by atoms with Gasteiger partial charge in [0.05, 0.1) is 13.5 Å². The number of hydrogen-bond donors (Lipinski definition) is 0. The van der Waals surface area contributed by atoms with E-state index in [2.05, 4.69) is 11.9 Å². The lowest BCUT2D eigenvalue weighted by Crippen LogP contribution is -2.47. The lowest BCUT2D eigenvalue weighted by atomic mass is 10.1. The normalized spacial score (nSPS) is 16.5. The maximum atomic E-state index is 12.3. The zero-order valence-electron chi connectivity index (χ0n) is 12.0. The third-order valence-corrected chi connectivity index (χ3v) is 3.63. The number of ether oxygens (including phenoxy) is 1. The quantitative estimate of drug-likeness (QED) is 0.823. The highest BCUT2D eigenvalue weighted by Crippen LogP contribution is 2.21. The molecule has 0 bridgehead atoms. The van der Waals surface area contributed by atoms with E-state index in [1.807, 2.05) is 30.0 Å². The fraction of sp³-hybridized carbons (Fsp3) is 0.533. The van der Waals surface area contributed by atoms with Gasteiger partial charge in [0.2, 0.25) is 5.91 Å². The van der Waals surface area contributed by atoms with Gasteiger partial charge in [0, 0.05) is 31.7 Å². The topological polar surface area (TPSA) is 32.8 Å². The minimum Gasteiger partial charge on any atom is -0.496 e. The first kappa shape index (κ1) is 13.9. The van der Waals surface area contributed by atoms with Crippen LogP contribution in [0.15, 0.2) is 18.2 Å². The van der Waals surface area contributed by atoms with E-state index in [1.54, 1.807) is 7.11 Å². The van der Waals surface area contributed by atoms with Crippen molar-refractivity contribution >= 4 is 5.91 Å². The fourth-order valence-electron chi connectivity index (χ4n) is 2.38. The lowest BCUT2D eigenvalue weighted by molar-refractivity contribution is -0.132. The molecule has 1 fully saturated rings. The molecule has 1 aromatic carbocycles. The first-order valence-corrected chi connectivity index (χ1v) is 6.70. The number of amides is 1. The predicted molar refractivity (Wildman–Crippen MR) is 75.5 cm³/mol. The van der Waals surface area contributed by atoms with Crippen LogP contribution in [0.5, 0.6) is 5.75 Å². The van der Waals surface area contributed by atoms with Gasteiger partial charge < -0.3 is 14.5 Å². The average Bonchev–Trinajstić information content (AvgIpc) is 2.39. The van der Waals surface area contributed by atoms with Crippen molar-refractivity contribution in [3.63, 3.8) is 0 Å². The second-order valence-corrected chi connectivity index (χ2v) is 5.18. The molecule has 1 saturated heterocycles. The van der Waals surface area contributed by atoms with Crippen molar-refractivity contribution in [1.82, 2.24) is 9.80 Å².